The minimum Gasteiger partial charge on any atom is -0.486 e. The van der Waals surface area contributed by atoms with Crippen molar-refractivity contribution >= 4 is 43.5 Å². The Morgan fingerprint density at radius 3 is 2.16 bits per heavy atom. The summed E-state index contributed by atoms with van der Waals surface area (Å²) in [6.07, 6.45) is 0.240. The Hall–Kier alpha value is -4.35. The highest BCUT2D eigenvalue weighted by Crippen LogP contribution is 2.36. The predicted octanol–water partition coefficient (Wildman–Crippen LogP) is 5.19. The minimum atomic E-state index is -4.22. The first-order chi connectivity index (χ1) is 21.8. The van der Waals surface area contributed by atoms with E-state index in [0.717, 1.165) is 19.9 Å². The summed E-state index contributed by atoms with van der Waals surface area (Å²) in [5.41, 5.74) is 1.88. The number of amides is 2. The Morgan fingerprint density at radius 2 is 1.49 bits per heavy atom. The first-order valence-corrected chi connectivity index (χ1v) is 16.8. The van der Waals surface area contributed by atoms with E-state index in [1.807, 2.05) is 61.5 Å². The maximum atomic E-state index is 14.5. The lowest BCUT2D eigenvalue weighted by Crippen LogP contribution is -2.53. The van der Waals surface area contributed by atoms with Gasteiger partial charge in [-0.15, -0.1) is 0 Å². The molecule has 0 spiro atoms. The lowest BCUT2D eigenvalue weighted by Gasteiger charge is -2.34. The van der Waals surface area contributed by atoms with Gasteiger partial charge in [0.2, 0.25) is 11.8 Å². The van der Waals surface area contributed by atoms with E-state index in [2.05, 4.69) is 21.2 Å². The lowest BCUT2D eigenvalue weighted by atomic mass is 10.0. The molecule has 1 N–H and O–H groups in total. The molecule has 4 aromatic rings. The fraction of sp³-hybridized carbons (Fsp3) is 0.235. The van der Waals surface area contributed by atoms with Crippen molar-refractivity contribution in [3.63, 3.8) is 0 Å². The summed E-state index contributed by atoms with van der Waals surface area (Å²) in [4.78, 5) is 29.6. The van der Waals surface area contributed by atoms with E-state index in [1.54, 1.807) is 36.4 Å². The van der Waals surface area contributed by atoms with Crippen LogP contribution in [0.25, 0.3) is 0 Å². The first kappa shape index (κ1) is 32.1. The van der Waals surface area contributed by atoms with Gasteiger partial charge in [0.05, 0.1) is 10.6 Å². The van der Waals surface area contributed by atoms with Gasteiger partial charge in [0.1, 0.15) is 25.8 Å². The third kappa shape index (κ3) is 7.84. The van der Waals surface area contributed by atoms with Gasteiger partial charge in [-0.1, -0.05) is 76.6 Å². The number of benzene rings is 4. The summed E-state index contributed by atoms with van der Waals surface area (Å²) in [7, 11) is -4.22. The van der Waals surface area contributed by atoms with E-state index in [-0.39, 0.29) is 29.5 Å². The van der Waals surface area contributed by atoms with E-state index in [4.69, 9.17) is 9.47 Å². The van der Waals surface area contributed by atoms with Gasteiger partial charge in [0, 0.05) is 30.0 Å². The number of nitrogens with one attached hydrogen (secondary N) is 1. The molecule has 234 valence electrons. The summed E-state index contributed by atoms with van der Waals surface area (Å²) in [5.74, 6) is 0.00276. The molecule has 0 radical (unpaired) electrons. The second-order valence-electron chi connectivity index (χ2n) is 10.4. The third-order valence-corrected chi connectivity index (χ3v) is 9.63. The van der Waals surface area contributed by atoms with Crippen LogP contribution in [0.4, 0.5) is 5.69 Å². The highest BCUT2D eigenvalue weighted by Gasteiger charge is 2.35. The van der Waals surface area contributed by atoms with E-state index in [1.165, 1.54) is 17.0 Å². The van der Waals surface area contributed by atoms with Crippen molar-refractivity contribution in [2.75, 3.05) is 30.6 Å². The van der Waals surface area contributed by atoms with E-state index < -0.39 is 28.5 Å². The van der Waals surface area contributed by atoms with E-state index >= 15 is 0 Å². The van der Waals surface area contributed by atoms with Gasteiger partial charge >= 0.3 is 0 Å². The van der Waals surface area contributed by atoms with Crippen LogP contribution in [0.3, 0.4) is 0 Å². The molecule has 2 amide bonds. The van der Waals surface area contributed by atoms with Crippen LogP contribution in [0, 0.1) is 0 Å². The molecule has 11 heteroatoms. The van der Waals surface area contributed by atoms with Crippen molar-refractivity contribution in [1.82, 2.24) is 10.2 Å². The maximum absolute atomic E-state index is 14.5. The largest absolute Gasteiger partial charge is 0.486 e. The summed E-state index contributed by atoms with van der Waals surface area (Å²) >= 11 is 3.45. The van der Waals surface area contributed by atoms with Crippen LogP contribution in [0.15, 0.2) is 112 Å². The zero-order chi connectivity index (χ0) is 31.8. The number of fused-ring (bicyclic) bond motifs is 1. The molecule has 0 saturated carbocycles. The molecule has 1 atom stereocenters. The van der Waals surface area contributed by atoms with Gasteiger partial charge in [-0.25, -0.2) is 8.42 Å². The molecule has 5 rings (SSSR count). The molecular formula is C34H34BrN3O6S. The second kappa shape index (κ2) is 14.6. The summed E-state index contributed by atoms with van der Waals surface area (Å²) in [6.45, 7) is 2.41. The van der Waals surface area contributed by atoms with Gasteiger partial charge in [0.25, 0.3) is 10.0 Å². The molecule has 0 fully saturated rings. The topological polar surface area (TPSA) is 105 Å². The molecule has 45 heavy (non-hydrogen) atoms. The number of carbonyl (C=O) groups is 2. The van der Waals surface area contributed by atoms with Crippen LogP contribution in [-0.2, 0) is 32.6 Å². The highest BCUT2D eigenvalue weighted by molar-refractivity contribution is 9.10. The fourth-order valence-corrected chi connectivity index (χ4v) is 6.76. The third-order valence-electron chi connectivity index (χ3n) is 7.31. The number of sulfonamides is 1. The van der Waals surface area contributed by atoms with Gasteiger partial charge in [-0.05, 0) is 54.4 Å². The van der Waals surface area contributed by atoms with E-state index in [0.29, 0.717) is 31.3 Å². The molecular weight excluding hydrogens is 658 g/mol. The quantitative estimate of drug-likeness (QED) is 0.219. The fourth-order valence-electron chi connectivity index (χ4n) is 5.07. The molecule has 9 nitrogen and oxygen atoms in total. The first-order valence-electron chi connectivity index (χ1n) is 14.6. The number of rotatable bonds is 12. The zero-order valence-corrected chi connectivity index (χ0v) is 27.2. The monoisotopic (exact) mass is 691 g/mol. The number of nitrogens with zero attached hydrogens (tertiary/aromatic N) is 2. The van der Waals surface area contributed by atoms with Crippen molar-refractivity contribution < 1.29 is 27.5 Å². The van der Waals surface area contributed by atoms with Gasteiger partial charge in [0.15, 0.2) is 11.5 Å². The smallest absolute Gasteiger partial charge is 0.264 e. The SMILES string of the molecule is CCNC(=O)[C@@H](Cc1ccccc1)N(Cc1ccc(Br)cc1)C(=O)CN(c1ccc2c(c1)OCCO2)S(=O)(=O)c1ccccc1. The van der Waals surface area contributed by atoms with E-state index in [9.17, 15) is 18.0 Å². The number of hydrogen-bond donors (Lipinski definition) is 1. The molecule has 1 aliphatic heterocycles. The molecule has 4 aromatic carbocycles. The van der Waals surface area contributed by atoms with Crippen LogP contribution in [0.1, 0.15) is 18.1 Å². The van der Waals surface area contributed by atoms with Crippen LogP contribution in [0.2, 0.25) is 0 Å². The van der Waals surface area contributed by atoms with Crippen LogP contribution >= 0.6 is 15.9 Å². The number of likely N-dealkylation sites (N-methyl/N-ethyl adjacent to an activating group) is 1. The van der Waals surface area contributed by atoms with Crippen molar-refractivity contribution in [2.24, 2.45) is 0 Å². The molecule has 0 aliphatic carbocycles. The molecule has 0 unspecified atom stereocenters. The highest BCUT2D eigenvalue weighted by atomic mass is 79.9. The van der Waals surface area contributed by atoms with Crippen LogP contribution in [0.5, 0.6) is 11.5 Å². The number of hydrogen-bond acceptors (Lipinski definition) is 6. The Kier molecular flexibility index (Phi) is 10.4. The predicted molar refractivity (Wildman–Crippen MR) is 176 cm³/mol. The summed E-state index contributed by atoms with van der Waals surface area (Å²) < 4.78 is 41.6. The Balaban J connectivity index is 1.57. The summed E-state index contributed by atoms with van der Waals surface area (Å²) in [6, 6.07) is 28.7. The lowest BCUT2D eigenvalue weighted by molar-refractivity contribution is -0.140. The zero-order valence-electron chi connectivity index (χ0n) is 24.8. The van der Waals surface area contributed by atoms with Crippen LogP contribution in [-0.4, -0.2) is 57.5 Å². The Labute approximate surface area is 271 Å². The minimum absolute atomic E-state index is 0.0247. The van der Waals surface area contributed by atoms with Crippen molar-refractivity contribution in [2.45, 2.75) is 30.8 Å². The second-order valence-corrected chi connectivity index (χ2v) is 13.2. The number of halogens is 1. The molecule has 0 aromatic heterocycles. The molecule has 0 saturated heterocycles. The molecule has 0 bridgehead atoms. The van der Waals surface area contributed by atoms with Crippen LogP contribution < -0.4 is 19.1 Å². The van der Waals surface area contributed by atoms with Gasteiger partial charge < -0.3 is 19.7 Å². The molecule has 1 aliphatic rings. The Bertz CT molecular complexity index is 1720. The normalized spacial score (nSPS) is 13.0. The number of anilines is 1. The van der Waals surface area contributed by atoms with Crippen molar-refractivity contribution in [3.05, 3.63) is 119 Å². The standard InChI is InChI=1S/C34H34BrN3O6S/c1-2-36-34(40)30(21-25-9-5-3-6-10-25)37(23-26-13-15-27(35)16-14-26)33(39)24-38(45(41,42)29-11-7-4-8-12-29)28-17-18-31-32(22-28)44-20-19-43-31/h3-18,22,30H,2,19-21,23-24H2,1H3,(H,36,40)/t30-/m1/s1. The van der Waals surface area contributed by atoms with Gasteiger partial charge in [-0.2, -0.15) is 0 Å². The Morgan fingerprint density at radius 1 is 0.844 bits per heavy atom. The number of carbonyl (C=O) groups excluding carboxylic acids is 2. The maximum Gasteiger partial charge on any atom is 0.264 e. The van der Waals surface area contributed by atoms with Crippen molar-refractivity contribution in [3.8, 4) is 11.5 Å². The average molecular weight is 693 g/mol. The average Bonchev–Trinajstić information content (AvgIpc) is 3.06. The summed E-state index contributed by atoms with van der Waals surface area (Å²) in [5, 5.41) is 2.87. The molecule has 1 heterocycles. The van der Waals surface area contributed by atoms with Crippen molar-refractivity contribution in [1.29, 1.82) is 0 Å². The number of ether oxygens (including phenoxy) is 2. The van der Waals surface area contributed by atoms with Gasteiger partial charge in [-0.3, -0.25) is 13.9 Å².